The Morgan fingerprint density at radius 2 is 2.12 bits per heavy atom. The molecule has 0 aromatic carbocycles. The first kappa shape index (κ1) is 11.5. The normalized spacial score (nSPS) is 26.2. The zero-order chi connectivity index (χ0) is 11.5. The van der Waals surface area contributed by atoms with Crippen molar-refractivity contribution < 1.29 is 0 Å². The quantitative estimate of drug-likeness (QED) is 0.894. The predicted octanol–water partition coefficient (Wildman–Crippen LogP) is 3.31. The molecule has 1 aromatic heterocycles. The van der Waals surface area contributed by atoms with Gasteiger partial charge in [0.1, 0.15) is 0 Å². The molecule has 1 unspecified atom stereocenters. The Balaban J connectivity index is 1.69. The van der Waals surface area contributed by atoms with Crippen LogP contribution in [0.5, 0.6) is 0 Å². The fourth-order valence-electron chi connectivity index (χ4n) is 2.92. The van der Waals surface area contributed by atoms with E-state index in [2.05, 4.69) is 32.8 Å². The number of nitrogens with one attached hydrogen (secondary N) is 1. The summed E-state index contributed by atoms with van der Waals surface area (Å²) in [7, 11) is 0. The molecule has 2 fully saturated rings. The molecule has 1 atom stereocenters. The molecule has 1 saturated heterocycles. The van der Waals surface area contributed by atoms with Crippen LogP contribution < -0.4 is 5.32 Å². The molecule has 0 radical (unpaired) electrons. The third-order valence-electron chi connectivity index (χ3n) is 3.89. The van der Waals surface area contributed by atoms with Crippen LogP contribution in [0.4, 0.5) is 5.95 Å². The Morgan fingerprint density at radius 3 is 2.88 bits per heavy atom. The van der Waals surface area contributed by atoms with Gasteiger partial charge >= 0.3 is 0 Å². The molecule has 1 aliphatic heterocycles. The monoisotopic (exact) mass is 251 g/mol. The van der Waals surface area contributed by atoms with Crippen LogP contribution >= 0.6 is 11.8 Å². The molecule has 1 aliphatic carbocycles. The van der Waals surface area contributed by atoms with Gasteiger partial charge < -0.3 is 9.88 Å². The van der Waals surface area contributed by atoms with E-state index < -0.39 is 0 Å². The summed E-state index contributed by atoms with van der Waals surface area (Å²) in [5.74, 6) is 3.68. The van der Waals surface area contributed by atoms with Crippen molar-refractivity contribution in [1.82, 2.24) is 9.55 Å². The standard InChI is InChI=1S/C13H21N3S/c1-2-5-11(4-1)15-13-14-7-8-16(13)12-6-3-9-17-10-12/h7-8,11-12H,1-6,9-10H2,(H,14,15). The topological polar surface area (TPSA) is 29.9 Å². The molecule has 0 bridgehead atoms. The van der Waals surface area contributed by atoms with Gasteiger partial charge in [0.15, 0.2) is 0 Å². The van der Waals surface area contributed by atoms with Crippen LogP contribution in [0.15, 0.2) is 12.4 Å². The van der Waals surface area contributed by atoms with Crippen molar-refractivity contribution in [2.24, 2.45) is 0 Å². The molecule has 1 N–H and O–H groups in total. The second kappa shape index (κ2) is 5.34. The maximum atomic E-state index is 4.50. The Labute approximate surface area is 107 Å². The van der Waals surface area contributed by atoms with Crippen LogP contribution in [0.25, 0.3) is 0 Å². The summed E-state index contributed by atoms with van der Waals surface area (Å²) in [4.78, 5) is 4.50. The number of aromatic nitrogens is 2. The highest BCUT2D eigenvalue weighted by atomic mass is 32.2. The van der Waals surface area contributed by atoms with E-state index in [0.717, 1.165) is 5.95 Å². The van der Waals surface area contributed by atoms with Gasteiger partial charge in [0.05, 0.1) is 0 Å². The first-order valence-electron chi connectivity index (χ1n) is 6.80. The van der Waals surface area contributed by atoms with Gasteiger partial charge in [0, 0.05) is 30.2 Å². The highest BCUT2D eigenvalue weighted by Gasteiger charge is 2.21. The van der Waals surface area contributed by atoms with E-state index in [9.17, 15) is 0 Å². The summed E-state index contributed by atoms with van der Waals surface area (Å²) in [6, 6.07) is 1.31. The summed E-state index contributed by atoms with van der Waals surface area (Å²) in [6.45, 7) is 0. The number of thioether (sulfide) groups is 1. The van der Waals surface area contributed by atoms with Gasteiger partial charge in [-0.15, -0.1) is 0 Å². The van der Waals surface area contributed by atoms with E-state index >= 15 is 0 Å². The summed E-state index contributed by atoms with van der Waals surface area (Å²) < 4.78 is 2.37. The van der Waals surface area contributed by atoms with Crippen LogP contribution in [0.3, 0.4) is 0 Å². The van der Waals surface area contributed by atoms with Gasteiger partial charge in [-0.1, -0.05) is 12.8 Å². The fourth-order valence-corrected chi connectivity index (χ4v) is 4.05. The first-order valence-corrected chi connectivity index (χ1v) is 7.96. The Hall–Kier alpha value is -0.640. The molecule has 0 amide bonds. The summed E-state index contributed by atoms with van der Waals surface area (Å²) in [5.41, 5.74) is 0. The molecular weight excluding hydrogens is 230 g/mol. The van der Waals surface area contributed by atoms with Crippen molar-refractivity contribution in [2.75, 3.05) is 16.8 Å². The van der Waals surface area contributed by atoms with Crippen LogP contribution in [-0.2, 0) is 0 Å². The van der Waals surface area contributed by atoms with Gasteiger partial charge in [-0.2, -0.15) is 11.8 Å². The zero-order valence-electron chi connectivity index (χ0n) is 10.3. The highest BCUT2D eigenvalue weighted by molar-refractivity contribution is 7.99. The number of nitrogens with zero attached hydrogens (tertiary/aromatic N) is 2. The predicted molar refractivity (Wildman–Crippen MR) is 73.7 cm³/mol. The van der Waals surface area contributed by atoms with Gasteiger partial charge in [-0.25, -0.2) is 4.98 Å². The van der Waals surface area contributed by atoms with E-state index in [1.807, 2.05) is 6.20 Å². The van der Waals surface area contributed by atoms with Crippen LogP contribution in [0.2, 0.25) is 0 Å². The lowest BCUT2D eigenvalue weighted by molar-refractivity contribution is 0.501. The van der Waals surface area contributed by atoms with Crippen molar-refractivity contribution >= 4 is 17.7 Å². The lowest BCUT2D eigenvalue weighted by Gasteiger charge is -2.25. The summed E-state index contributed by atoms with van der Waals surface area (Å²) in [6.07, 6.45) is 12.1. The van der Waals surface area contributed by atoms with Crippen LogP contribution in [-0.4, -0.2) is 27.1 Å². The van der Waals surface area contributed by atoms with E-state index in [0.29, 0.717) is 12.1 Å². The van der Waals surface area contributed by atoms with Gasteiger partial charge in [-0.3, -0.25) is 0 Å². The summed E-state index contributed by atoms with van der Waals surface area (Å²) >= 11 is 2.08. The number of hydrogen-bond donors (Lipinski definition) is 1. The Morgan fingerprint density at radius 1 is 1.24 bits per heavy atom. The SMILES string of the molecule is c1cn(C2CCCSC2)c(NC2CCCC2)n1. The highest BCUT2D eigenvalue weighted by Crippen LogP contribution is 2.30. The zero-order valence-corrected chi connectivity index (χ0v) is 11.1. The smallest absolute Gasteiger partial charge is 0.203 e. The molecule has 1 aromatic rings. The van der Waals surface area contributed by atoms with E-state index in [4.69, 9.17) is 0 Å². The number of rotatable bonds is 3. The Bertz CT molecular complexity index is 351. The number of imidazole rings is 1. The fraction of sp³-hybridized carbons (Fsp3) is 0.769. The number of anilines is 1. The second-order valence-corrected chi connectivity index (χ2v) is 6.30. The molecule has 3 nitrogen and oxygen atoms in total. The average Bonchev–Trinajstić information content (AvgIpc) is 3.02. The molecule has 2 heterocycles. The minimum Gasteiger partial charge on any atom is -0.353 e. The average molecular weight is 251 g/mol. The van der Waals surface area contributed by atoms with Crippen molar-refractivity contribution in [2.45, 2.75) is 50.6 Å². The van der Waals surface area contributed by atoms with Crippen LogP contribution in [0, 0.1) is 0 Å². The largest absolute Gasteiger partial charge is 0.353 e. The van der Waals surface area contributed by atoms with E-state index in [-0.39, 0.29) is 0 Å². The van der Waals surface area contributed by atoms with E-state index in [1.54, 1.807) is 0 Å². The molecular formula is C13H21N3S. The van der Waals surface area contributed by atoms with Crippen molar-refractivity contribution in [1.29, 1.82) is 0 Å². The Kier molecular flexibility index (Phi) is 3.60. The van der Waals surface area contributed by atoms with Gasteiger partial charge in [0.25, 0.3) is 0 Å². The molecule has 1 saturated carbocycles. The minimum atomic E-state index is 0.653. The molecule has 2 aliphatic rings. The third kappa shape index (κ3) is 2.62. The molecule has 4 heteroatoms. The third-order valence-corrected chi connectivity index (χ3v) is 5.08. The van der Waals surface area contributed by atoms with Crippen molar-refractivity contribution in [3.05, 3.63) is 12.4 Å². The lowest BCUT2D eigenvalue weighted by Crippen LogP contribution is -2.22. The van der Waals surface area contributed by atoms with Gasteiger partial charge in [0.2, 0.25) is 5.95 Å². The minimum absolute atomic E-state index is 0.653. The van der Waals surface area contributed by atoms with Gasteiger partial charge in [-0.05, 0) is 31.4 Å². The lowest BCUT2D eigenvalue weighted by atomic mass is 10.2. The maximum Gasteiger partial charge on any atom is 0.203 e. The molecule has 17 heavy (non-hydrogen) atoms. The first-order chi connectivity index (χ1) is 8.43. The second-order valence-electron chi connectivity index (χ2n) is 5.15. The summed E-state index contributed by atoms with van der Waals surface area (Å²) in [5, 5.41) is 3.63. The maximum absolute atomic E-state index is 4.50. The molecule has 0 spiro atoms. The number of hydrogen-bond acceptors (Lipinski definition) is 3. The van der Waals surface area contributed by atoms with E-state index in [1.165, 1.54) is 50.0 Å². The molecule has 94 valence electrons. The van der Waals surface area contributed by atoms with Crippen molar-refractivity contribution in [3.8, 4) is 0 Å². The molecule has 3 rings (SSSR count). The van der Waals surface area contributed by atoms with Crippen LogP contribution in [0.1, 0.15) is 44.6 Å². The van der Waals surface area contributed by atoms with Crippen molar-refractivity contribution in [3.63, 3.8) is 0 Å².